The van der Waals surface area contributed by atoms with Crippen LogP contribution in [0.3, 0.4) is 0 Å². The third-order valence-electron chi connectivity index (χ3n) is 6.36. The minimum atomic E-state index is -0.676. The van der Waals surface area contributed by atoms with Gasteiger partial charge in [0.2, 0.25) is 5.91 Å². The molecule has 1 heterocycles. The number of benzene rings is 1. The topological polar surface area (TPSA) is 71.2 Å². The largest absolute Gasteiger partial charge is 0.369 e. The lowest BCUT2D eigenvalue weighted by Gasteiger charge is -2.29. The van der Waals surface area contributed by atoms with E-state index in [9.17, 15) is 9.18 Å². The van der Waals surface area contributed by atoms with E-state index in [1.54, 1.807) is 31.1 Å². The standard InChI is InChI=1S/C31H43FN4OS/c1-9-24-18-28(26(19-27(24)32)23(6)30(33)37)36(29-13-11-12-16-34-29)20-22(5)14-15-25(17-21(3)4)38-35-31(7,8)10-2/h11-19,21,23,35H,5,9-10,20H2,1-4,6-8H3,(H2,33,37)/b15-14-,25-17+. The highest BCUT2D eigenvalue weighted by Crippen LogP contribution is 2.35. The molecule has 0 aliphatic rings. The first kappa shape index (κ1) is 31.3. The Bertz CT molecular complexity index is 1160. The van der Waals surface area contributed by atoms with E-state index in [0.717, 1.165) is 16.9 Å². The van der Waals surface area contributed by atoms with Crippen molar-refractivity contribution in [1.29, 1.82) is 0 Å². The van der Waals surface area contributed by atoms with Crippen molar-refractivity contribution in [2.45, 2.75) is 72.8 Å². The number of primary amides is 1. The van der Waals surface area contributed by atoms with Crippen LogP contribution in [0.4, 0.5) is 15.9 Å². The lowest BCUT2D eigenvalue weighted by molar-refractivity contribution is -0.119. The number of carbonyl (C=O) groups excluding carboxylic acids is 1. The number of nitrogens with one attached hydrogen (secondary N) is 1. The van der Waals surface area contributed by atoms with Crippen LogP contribution >= 0.6 is 11.9 Å². The van der Waals surface area contributed by atoms with Crippen molar-refractivity contribution >= 4 is 29.4 Å². The highest BCUT2D eigenvalue weighted by atomic mass is 32.2. The number of anilines is 2. The summed E-state index contributed by atoms with van der Waals surface area (Å²) in [5.41, 5.74) is 8.27. The molecule has 0 aliphatic heterocycles. The molecule has 0 aliphatic carbocycles. The number of hydrogen-bond donors (Lipinski definition) is 2. The molecule has 0 spiro atoms. The van der Waals surface area contributed by atoms with E-state index in [0.29, 0.717) is 41.5 Å². The van der Waals surface area contributed by atoms with E-state index in [1.165, 1.54) is 6.07 Å². The second-order valence-corrected chi connectivity index (χ2v) is 11.4. The van der Waals surface area contributed by atoms with Gasteiger partial charge in [-0.2, -0.15) is 0 Å². The second-order valence-electron chi connectivity index (χ2n) is 10.5. The fraction of sp³-hybridized carbons (Fsp3) is 0.419. The fourth-order valence-electron chi connectivity index (χ4n) is 3.61. The molecule has 1 aromatic carbocycles. The smallest absolute Gasteiger partial charge is 0.224 e. The number of halogens is 1. The first-order valence-corrected chi connectivity index (χ1v) is 14.0. The Balaban J connectivity index is 2.48. The second kappa shape index (κ2) is 14.3. The van der Waals surface area contributed by atoms with Gasteiger partial charge in [0, 0.05) is 28.9 Å². The summed E-state index contributed by atoms with van der Waals surface area (Å²) >= 11 is 1.62. The summed E-state index contributed by atoms with van der Waals surface area (Å²) in [6.07, 6.45) is 9.51. The number of pyridine rings is 1. The predicted molar refractivity (Wildman–Crippen MR) is 161 cm³/mol. The first-order valence-electron chi connectivity index (χ1n) is 13.2. The van der Waals surface area contributed by atoms with Gasteiger partial charge in [-0.15, -0.1) is 0 Å². The summed E-state index contributed by atoms with van der Waals surface area (Å²) in [4.78, 5) is 19.8. The number of carbonyl (C=O) groups is 1. The first-order chi connectivity index (χ1) is 17.9. The summed E-state index contributed by atoms with van der Waals surface area (Å²) in [5, 5.41) is 0. The SMILES string of the molecule is C=C(/C=C\C(=C/C(C)C)SNC(C)(C)CC)CN(c1ccccn1)c1cc(CC)c(F)cc1C(C)C(N)=O. The molecular formula is C31H43FN4OS. The fourth-order valence-corrected chi connectivity index (χ4v) is 4.62. The maximum Gasteiger partial charge on any atom is 0.224 e. The maximum absolute atomic E-state index is 14.8. The van der Waals surface area contributed by atoms with Crippen molar-refractivity contribution in [2.75, 3.05) is 11.4 Å². The van der Waals surface area contributed by atoms with Crippen molar-refractivity contribution in [1.82, 2.24) is 9.71 Å². The van der Waals surface area contributed by atoms with E-state index in [-0.39, 0.29) is 11.4 Å². The molecule has 38 heavy (non-hydrogen) atoms. The number of amides is 1. The van der Waals surface area contributed by atoms with Crippen molar-refractivity contribution in [2.24, 2.45) is 11.7 Å². The van der Waals surface area contributed by atoms with Crippen LogP contribution < -0.4 is 15.4 Å². The zero-order chi connectivity index (χ0) is 28.5. The molecule has 2 aromatic rings. The number of nitrogens with zero attached hydrogens (tertiary/aromatic N) is 2. The molecule has 0 bridgehead atoms. The number of rotatable bonds is 14. The zero-order valence-electron chi connectivity index (χ0n) is 23.8. The van der Waals surface area contributed by atoms with E-state index in [4.69, 9.17) is 5.73 Å². The van der Waals surface area contributed by atoms with Crippen molar-refractivity contribution in [3.63, 3.8) is 0 Å². The number of nitrogens with two attached hydrogens (primary N) is 1. The summed E-state index contributed by atoms with van der Waals surface area (Å²) < 4.78 is 18.4. The maximum atomic E-state index is 14.8. The number of aromatic nitrogens is 1. The number of aryl methyl sites for hydroxylation is 1. The van der Waals surface area contributed by atoms with Gasteiger partial charge in [-0.1, -0.05) is 52.5 Å². The highest BCUT2D eigenvalue weighted by Gasteiger charge is 2.24. The molecular weight excluding hydrogens is 495 g/mol. The van der Waals surface area contributed by atoms with E-state index >= 15 is 0 Å². The quantitative estimate of drug-likeness (QED) is 0.192. The van der Waals surface area contributed by atoms with Crippen molar-refractivity contribution in [3.05, 3.63) is 88.8 Å². The lowest BCUT2D eigenvalue weighted by Crippen LogP contribution is -2.33. The number of allylic oxidation sites excluding steroid dienone is 2. The monoisotopic (exact) mass is 538 g/mol. The molecule has 206 valence electrons. The van der Waals surface area contributed by atoms with Crippen LogP contribution in [0.5, 0.6) is 0 Å². The van der Waals surface area contributed by atoms with Crippen LogP contribution in [-0.4, -0.2) is 23.0 Å². The highest BCUT2D eigenvalue weighted by molar-refractivity contribution is 8.01. The molecule has 1 aromatic heterocycles. The molecule has 5 nitrogen and oxygen atoms in total. The molecule has 0 radical (unpaired) electrons. The molecule has 0 saturated heterocycles. The molecule has 1 amide bonds. The van der Waals surface area contributed by atoms with E-state index in [2.05, 4.69) is 63.1 Å². The number of hydrogen-bond acceptors (Lipinski definition) is 5. The summed E-state index contributed by atoms with van der Waals surface area (Å²) in [6, 6.07) is 8.86. The van der Waals surface area contributed by atoms with Crippen LogP contribution in [0.15, 0.2) is 71.8 Å². The average molecular weight is 539 g/mol. The minimum Gasteiger partial charge on any atom is -0.369 e. The third-order valence-corrected chi connectivity index (χ3v) is 7.52. The van der Waals surface area contributed by atoms with Gasteiger partial charge in [0.05, 0.1) is 5.92 Å². The van der Waals surface area contributed by atoms with Crippen LogP contribution in [-0.2, 0) is 11.2 Å². The molecule has 1 unspecified atom stereocenters. The summed E-state index contributed by atoms with van der Waals surface area (Å²) in [7, 11) is 0. The van der Waals surface area contributed by atoms with E-state index in [1.807, 2.05) is 36.1 Å². The molecule has 2 rings (SSSR count). The lowest BCUT2D eigenvalue weighted by atomic mass is 9.94. The molecule has 1 atom stereocenters. The van der Waals surface area contributed by atoms with E-state index < -0.39 is 11.8 Å². The van der Waals surface area contributed by atoms with Gasteiger partial charge in [-0.05, 0) is 98.5 Å². The third kappa shape index (κ3) is 9.14. The van der Waals surface area contributed by atoms with Gasteiger partial charge in [0.15, 0.2) is 0 Å². The van der Waals surface area contributed by atoms with Gasteiger partial charge in [0.25, 0.3) is 0 Å². The average Bonchev–Trinajstić information content (AvgIpc) is 2.88. The van der Waals surface area contributed by atoms with Gasteiger partial charge >= 0.3 is 0 Å². The Morgan fingerprint density at radius 2 is 1.95 bits per heavy atom. The molecule has 7 heteroatoms. The summed E-state index contributed by atoms with van der Waals surface area (Å²) in [6.45, 7) is 19.1. The Morgan fingerprint density at radius 3 is 2.50 bits per heavy atom. The normalized spacial score (nSPS) is 13.2. The van der Waals surface area contributed by atoms with Gasteiger partial charge < -0.3 is 10.6 Å². The Labute approximate surface area is 232 Å². The molecule has 3 N–H and O–H groups in total. The van der Waals surface area contributed by atoms with Crippen molar-refractivity contribution in [3.8, 4) is 0 Å². The summed E-state index contributed by atoms with van der Waals surface area (Å²) in [5.74, 6) is -0.478. The molecule has 0 saturated carbocycles. The minimum absolute atomic E-state index is 0.00838. The van der Waals surface area contributed by atoms with Crippen LogP contribution in [0.1, 0.15) is 71.9 Å². The van der Waals surface area contributed by atoms with Crippen LogP contribution in [0.2, 0.25) is 0 Å². The van der Waals surface area contributed by atoms with Gasteiger partial charge in [-0.3, -0.25) is 9.52 Å². The zero-order valence-corrected chi connectivity index (χ0v) is 24.7. The van der Waals surface area contributed by atoms with Gasteiger partial charge in [-0.25, -0.2) is 9.37 Å². The molecule has 0 fully saturated rings. The predicted octanol–water partition coefficient (Wildman–Crippen LogP) is 7.59. The Hall–Kier alpha value is -2.90. The van der Waals surface area contributed by atoms with Crippen LogP contribution in [0.25, 0.3) is 0 Å². The van der Waals surface area contributed by atoms with Crippen molar-refractivity contribution < 1.29 is 9.18 Å². The Kier molecular flexibility index (Phi) is 11.8. The van der Waals surface area contributed by atoms with Crippen LogP contribution in [0, 0.1) is 11.7 Å². The Morgan fingerprint density at radius 1 is 1.24 bits per heavy atom. The van der Waals surface area contributed by atoms with Gasteiger partial charge in [0.1, 0.15) is 11.6 Å².